The van der Waals surface area contributed by atoms with E-state index in [9.17, 15) is 5.11 Å². The molecular weight excluding hydrogens is 348 g/mol. The Morgan fingerprint density at radius 3 is 2.54 bits per heavy atom. The van der Waals surface area contributed by atoms with E-state index in [-0.39, 0.29) is 12.1 Å². The summed E-state index contributed by atoms with van der Waals surface area (Å²) in [6.45, 7) is 15.9. The monoisotopic (exact) mass is 384 g/mol. The summed E-state index contributed by atoms with van der Waals surface area (Å²) in [4.78, 5) is 4.88. The van der Waals surface area contributed by atoms with Crippen LogP contribution >= 0.6 is 0 Å². The van der Waals surface area contributed by atoms with Crippen LogP contribution < -0.4 is 0 Å². The molecule has 28 heavy (non-hydrogen) atoms. The van der Waals surface area contributed by atoms with Gasteiger partial charge in [-0.3, -0.25) is 9.80 Å². The van der Waals surface area contributed by atoms with Crippen molar-refractivity contribution >= 4 is 0 Å². The average molecular weight is 385 g/mol. The van der Waals surface area contributed by atoms with Gasteiger partial charge in [-0.05, 0) is 38.4 Å². The van der Waals surface area contributed by atoms with Crippen molar-refractivity contribution in [1.29, 1.82) is 0 Å². The van der Waals surface area contributed by atoms with E-state index in [2.05, 4.69) is 73.4 Å². The Bertz CT molecular complexity index is 766. The summed E-state index contributed by atoms with van der Waals surface area (Å²) in [5.41, 5.74) is 4.73. The molecule has 2 aromatic rings. The molecule has 1 N–H and O–H groups in total. The molecule has 1 aromatic heterocycles. The van der Waals surface area contributed by atoms with Gasteiger partial charge in [0.05, 0.1) is 23.7 Å². The first-order valence-electron chi connectivity index (χ1n) is 10.6. The molecule has 0 spiro atoms. The van der Waals surface area contributed by atoms with Crippen LogP contribution in [0.2, 0.25) is 0 Å². The molecule has 0 bridgehead atoms. The van der Waals surface area contributed by atoms with Gasteiger partial charge in [0, 0.05) is 43.7 Å². The van der Waals surface area contributed by atoms with Crippen LogP contribution in [0, 0.1) is 5.92 Å². The lowest BCUT2D eigenvalue weighted by molar-refractivity contribution is 0.0400. The number of likely N-dealkylation sites (N-methyl/N-ethyl adjacent to an activating group) is 1. The summed E-state index contributed by atoms with van der Waals surface area (Å²) in [5.74, 6) is 0.532. The number of nitrogens with zero attached hydrogens (tertiary/aromatic N) is 4. The molecule has 1 aliphatic rings. The minimum atomic E-state index is -0.271. The Morgan fingerprint density at radius 2 is 1.93 bits per heavy atom. The third-order valence-electron chi connectivity index (χ3n) is 5.84. The zero-order valence-electron chi connectivity index (χ0n) is 18.1. The molecular formula is C23H36N4O. The number of para-hydroxylation sites is 1. The number of hydrogen-bond acceptors (Lipinski definition) is 4. The Kier molecular flexibility index (Phi) is 6.58. The van der Waals surface area contributed by atoms with Crippen LogP contribution in [0.1, 0.15) is 51.6 Å². The fourth-order valence-electron chi connectivity index (χ4n) is 3.97. The van der Waals surface area contributed by atoms with Crippen LogP contribution in [-0.4, -0.2) is 56.5 Å². The zero-order valence-corrected chi connectivity index (χ0v) is 18.1. The molecule has 0 saturated carbocycles. The van der Waals surface area contributed by atoms with Crippen molar-refractivity contribution in [3.05, 3.63) is 47.3 Å². The number of aliphatic hydroxyl groups is 1. The molecule has 1 aliphatic heterocycles. The highest BCUT2D eigenvalue weighted by Gasteiger charge is 2.31. The van der Waals surface area contributed by atoms with Crippen molar-refractivity contribution in [3.63, 3.8) is 0 Å². The molecule has 0 unspecified atom stereocenters. The topological polar surface area (TPSA) is 44.5 Å². The Hall–Kier alpha value is -1.69. The number of benzene rings is 1. The summed E-state index contributed by atoms with van der Waals surface area (Å²) in [5, 5.41) is 15.1. The smallest absolute Gasteiger partial charge is 0.0817 e. The molecule has 2 heterocycles. The summed E-state index contributed by atoms with van der Waals surface area (Å²) in [6.07, 6.45) is 1.03. The molecule has 0 atom stereocenters. The Morgan fingerprint density at radius 1 is 1.21 bits per heavy atom. The van der Waals surface area contributed by atoms with E-state index in [1.54, 1.807) is 0 Å². The van der Waals surface area contributed by atoms with Gasteiger partial charge in [-0.25, -0.2) is 4.68 Å². The lowest BCUT2D eigenvalue weighted by Gasteiger charge is -2.38. The average Bonchev–Trinajstić information content (AvgIpc) is 3.05. The Balaban J connectivity index is 2.01. The van der Waals surface area contributed by atoms with Gasteiger partial charge in [-0.1, -0.05) is 39.0 Å². The van der Waals surface area contributed by atoms with Gasteiger partial charge in [0.25, 0.3) is 0 Å². The third kappa shape index (κ3) is 4.48. The zero-order chi connectivity index (χ0) is 20.3. The van der Waals surface area contributed by atoms with Crippen molar-refractivity contribution < 1.29 is 5.11 Å². The first-order valence-corrected chi connectivity index (χ1v) is 10.6. The second-order valence-electron chi connectivity index (χ2n) is 8.98. The van der Waals surface area contributed by atoms with E-state index >= 15 is 0 Å². The predicted octanol–water partition coefficient (Wildman–Crippen LogP) is 3.48. The fraction of sp³-hybridized carbons (Fsp3) is 0.609. The lowest BCUT2D eigenvalue weighted by atomic mass is 9.99. The van der Waals surface area contributed by atoms with Gasteiger partial charge in [0.1, 0.15) is 0 Å². The normalized spacial score (nSPS) is 15.4. The summed E-state index contributed by atoms with van der Waals surface area (Å²) < 4.78 is 2.15. The van der Waals surface area contributed by atoms with Crippen LogP contribution in [0.3, 0.4) is 0 Å². The molecule has 0 radical (unpaired) electrons. The maximum absolute atomic E-state index is 9.98. The van der Waals surface area contributed by atoms with Crippen LogP contribution in [-0.2, 0) is 19.5 Å². The standard InChI is InChI=1S/C23H36N4O/c1-6-25-13-12-22-20(15-25)21(24-27(22)19-10-8-7-9-11-19)16-26(14-18(2)3)23(4,5)17-28/h7-11,18,28H,6,12-17H2,1-5H3. The second-order valence-corrected chi connectivity index (χ2v) is 8.98. The molecule has 0 aliphatic carbocycles. The van der Waals surface area contributed by atoms with Crippen LogP contribution in [0.4, 0.5) is 0 Å². The molecule has 5 nitrogen and oxygen atoms in total. The lowest BCUT2D eigenvalue weighted by Crippen LogP contribution is -2.48. The van der Waals surface area contributed by atoms with Crippen LogP contribution in [0.25, 0.3) is 5.69 Å². The number of hydrogen-bond donors (Lipinski definition) is 1. The Labute approximate surface area is 170 Å². The van der Waals surface area contributed by atoms with Crippen LogP contribution in [0.15, 0.2) is 30.3 Å². The summed E-state index contributed by atoms with van der Waals surface area (Å²) >= 11 is 0. The minimum Gasteiger partial charge on any atom is -0.394 e. The molecule has 0 saturated heterocycles. The summed E-state index contributed by atoms with van der Waals surface area (Å²) in [6, 6.07) is 10.5. The van der Waals surface area contributed by atoms with Crippen molar-refractivity contribution in [3.8, 4) is 5.69 Å². The van der Waals surface area contributed by atoms with Gasteiger partial charge >= 0.3 is 0 Å². The second kappa shape index (κ2) is 8.76. The van der Waals surface area contributed by atoms with Crippen LogP contribution in [0.5, 0.6) is 0 Å². The molecule has 154 valence electrons. The molecule has 1 aromatic carbocycles. The number of fused-ring (bicyclic) bond motifs is 1. The van der Waals surface area contributed by atoms with Crippen molar-refractivity contribution in [2.45, 2.75) is 59.7 Å². The van der Waals surface area contributed by atoms with Gasteiger partial charge < -0.3 is 5.11 Å². The number of rotatable bonds is 8. The van der Waals surface area contributed by atoms with E-state index in [0.29, 0.717) is 5.92 Å². The van der Waals surface area contributed by atoms with Gasteiger partial charge in [-0.15, -0.1) is 0 Å². The third-order valence-corrected chi connectivity index (χ3v) is 5.84. The highest BCUT2D eigenvalue weighted by molar-refractivity contribution is 5.39. The first kappa shape index (κ1) is 21.0. The maximum atomic E-state index is 9.98. The van der Waals surface area contributed by atoms with E-state index in [1.807, 2.05) is 6.07 Å². The first-order chi connectivity index (χ1) is 13.4. The van der Waals surface area contributed by atoms with Gasteiger partial charge in [0.2, 0.25) is 0 Å². The summed E-state index contributed by atoms with van der Waals surface area (Å²) in [7, 11) is 0. The molecule has 0 amide bonds. The fourth-order valence-corrected chi connectivity index (χ4v) is 3.97. The maximum Gasteiger partial charge on any atom is 0.0817 e. The minimum absolute atomic E-state index is 0.141. The van der Waals surface area contributed by atoms with Gasteiger partial charge in [-0.2, -0.15) is 5.10 Å². The SMILES string of the molecule is CCN1CCc2c(c(CN(CC(C)C)C(C)(C)CO)nn2-c2ccccc2)C1. The molecule has 5 heteroatoms. The van der Waals surface area contributed by atoms with E-state index in [1.165, 1.54) is 11.3 Å². The van der Waals surface area contributed by atoms with Crippen molar-refractivity contribution in [2.75, 3.05) is 26.2 Å². The highest BCUT2D eigenvalue weighted by atomic mass is 16.3. The largest absolute Gasteiger partial charge is 0.394 e. The quantitative estimate of drug-likeness (QED) is 0.757. The van der Waals surface area contributed by atoms with Crippen molar-refractivity contribution in [2.24, 2.45) is 5.92 Å². The number of aliphatic hydroxyl groups excluding tert-OH is 1. The number of aromatic nitrogens is 2. The van der Waals surface area contributed by atoms with E-state index in [0.717, 1.165) is 50.5 Å². The predicted molar refractivity (Wildman–Crippen MR) is 115 cm³/mol. The van der Waals surface area contributed by atoms with Gasteiger partial charge in [0.15, 0.2) is 0 Å². The van der Waals surface area contributed by atoms with E-state index < -0.39 is 0 Å². The van der Waals surface area contributed by atoms with Crippen molar-refractivity contribution in [1.82, 2.24) is 19.6 Å². The van der Waals surface area contributed by atoms with E-state index in [4.69, 9.17) is 5.10 Å². The highest BCUT2D eigenvalue weighted by Crippen LogP contribution is 2.28. The molecule has 0 fully saturated rings. The molecule has 3 rings (SSSR count).